The van der Waals surface area contributed by atoms with Gasteiger partial charge in [0.1, 0.15) is 11.8 Å². The van der Waals surface area contributed by atoms with Crippen LogP contribution in [0.2, 0.25) is 0 Å². The summed E-state index contributed by atoms with van der Waals surface area (Å²) in [6.45, 7) is 6.50. The Morgan fingerprint density at radius 1 is 1.38 bits per heavy atom. The second-order valence-electron chi connectivity index (χ2n) is 5.09. The largest absolute Gasteiger partial charge is 0.444 e. The summed E-state index contributed by atoms with van der Waals surface area (Å²) in [5, 5.41) is 0. The molecule has 4 nitrogen and oxygen atoms in total. The number of carbonyl (C=O) groups is 2. The number of nitrogens with zero attached hydrogens (tertiary/aromatic N) is 1. The summed E-state index contributed by atoms with van der Waals surface area (Å²) < 4.78 is 18.3. The molecule has 1 heterocycles. The molecule has 0 spiro atoms. The van der Waals surface area contributed by atoms with Gasteiger partial charge in [0, 0.05) is 6.42 Å². The van der Waals surface area contributed by atoms with E-state index >= 15 is 0 Å². The Kier molecular flexibility index (Phi) is 3.55. The molecule has 0 aromatic heterocycles. The molecule has 0 saturated carbocycles. The zero-order chi connectivity index (χ0) is 12.5. The minimum Gasteiger partial charge on any atom is -0.444 e. The first-order valence-corrected chi connectivity index (χ1v) is 5.35. The lowest BCUT2D eigenvalue weighted by Gasteiger charge is -2.27. The number of likely N-dealkylation sites (tertiary alicyclic amines) is 1. The second-order valence-corrected chi connectivity index (χ2v) is 5.09. The van der Waals surface area contributed by atoms with E-state index in [9.17, 15) is 14.0 Å². The average Bonchev–Trinajstić information content (AvgIpc) is 2.44. The molecule has 1 aliphatic heterocycles. The molecule has 1 rings (SSSR count). The van der Waals surface area contributed by atoms with E-state index in [1.54, 1.807) is 20.8 Å². The highest BCUT2D eigenvalue weighted by molar-refractivity contribution is 5.86. The van der Waals surface area contributed by atoms with E-state index in [-0.39, 0.29) is 18.7 Å². The number of halogens is 1. The zero-order valence-electron chi connectivity index (χ0n) is 10.1. The molecule has 1 amide bonds. The minimum atomic E-state index is -1.14. The third-order valence-corrected chi connectivity index (χ3v) is 2.35. The van der Waals surface area contributed by atoms with Crippen LogP contribution in [0.1, 0.15) is 34.1 Å². The van der Waals surface area contributed by atoms with Crippen LogP contribution in [-0.4, -0.2) is 41.1 Å². The Labute approximate surface area is 94.7 Å². The summed E-state index contributed by atoms with van der Waals surface area (Å²) in [7, 11) is 0. The zero-order valence-corrected chi connectivity index (χ0v) is 10.1. The third-order valence-electron chi connectivity index (χ3n) is 2.35. The second kappa shape index (κ2) is 4.39. The smallest absolute Gasteiger partial charge is 0.411 e. The lowest BCUT2D eigenvalue weighted by molar-refractivity contribution is -0.121. The molecular formula is C11H18FNO3. The standard InChI is InChI=1S/C11H18FNO3/c1-7(14)9-5-8(12)6-13(9)10(15)16-11(2,3)4/h8-9H,5-6H2,1-4H3/t8-,9?/m1/s1. The van der Waals surface area contributed by atoms with Gasteiger partial charge in [-0.25, -0.2) is 9.18 Å². The van der Waals surface area contributed by atoms with Crippen molar-refractivity contribution in [2.75, 3.05) is 6.54 Å². The first-order valence-electron chi connectivity index (χ1n) is 5.35. The topological polar surface area (TPSA) is 46.6 Å². The Balaban J connectivity index is 2.71. The Morgan fingerprint density at radius 3 is 2.38 bits per heavy atom. The number of rotatable bonds is 1. The van der Waals surface area contributed by atoms with Crippen molar-refractivity contribution in [1.29, 1.82) is 0 Å². The van der Waals surface area contributed by atoms with Crippen LogP contribution in [0.15, 0.2) is 0 Å². The maximum absolute atomic E-state index is 13.2. The van der Waals surface area contributed by atoms with E-state index < -0.39 is 23.9 Å². The number of ketones is 1. The van der Waals surface area contributed by atoms with Gasteiger partial charge in [-0.2, -0.15) is 0 Å². The highest BCUT2D eigenvalue weighted by atomic mass is 19.1. The summed E-state index contributed by atoms with van der Waals surface area (Å²) in [5.41, 5.74) is -0.632. The fourth-order valence-electron chi connectivity index (χ4n) is 1.69. The van der Waals surface area contributed by atoms with Crippen molar-refractivity contribution >= 4 is 11.9 Å². The maximum atomic E-state index is 13.2. The highest BCUT2D eigenvalue weighted by Crippen LogP contribution is 2.23. The number of ether oxygens (including phenoxy) is 1. The molecule has 2 atom stereocenters. The summed E-state index contributed by atoms with van der Waals surface area (Å²) >= 11 is 0. The van der Waals surface area contributed by atoms with Crippen LogP contribution < -0.4 is 0 Å². The van der Waals surface area contributed by atoms with Gasteiger partial charge in [-0.15, -0.1) is 0 Å². The van der Waals surface area contributed by atoms with Gasteiger partial charge in [-0.1, -0.05) is 0 Å². The number of Topliss-reactive ketones (excluding diaryl/α,β-unsaturated/α-hetero) is 1. The number of hydrogen-bond acceptors (Lipinski definition) is 3. The van der Waals surface area contributed by atoms with Crippen molar-refractivity contribution in [2.24, 2.45) is 0 Å². The van der Waals surface area contributed by atoms with E-state index in [4.69, 9.17) is 4.74 Å². The van der Waals surface area contributed by atoms with Crippen molar-refractivity contribution in [3.8, 4) is 0 Å². The predicted octanol–water partition coefficient (Wildman–Crippen LogP) is 1.92. The molecule has 1 aliphatic rings. The van der Waals surface area contributed by atoms with Gasteiger partial charge < -0.3 is 4.74 Å². The molecule has 0 radical (unpaired) electrons. The quantitative estimate of drug-likeness (QED) is 0.692. The monoisotopic (exact) mass is 231 g/mol. The van der Waals surface area contributed by atoms with E-state index in [0.29, 0.717) is 0 Å². The van der Waals surface area contributed by atoms with E-state index in [1.165, 1.54) is 11.8 Å². The summed E-state index contributed by atoms with van der Waals surface area (Å²) in [6.07, 6.45) is -1.68. The van der Waals surface area contributed by atoms with Crippen molar-refractivity contribution in [2.45, 2.75) is 51.9 Å². The highest BCUT2D eigenvalue weighted by Gasteiger charge is 2.39. The Morgan fingerprint density at radius 2 is 1.94 bits per heavy atom. The predicted molar refractivity (Wildman–Crippen MR) is 56.9 cm³/mol. The van der Waals surface area contributed by atoms with E-state index in [1.807, 2.05) is 0 Å². The van der Waals surface area contributed by atoms with Gasteiger partial charge in [0.25, 0.3) is 0 Å². The molecule has 1 fully saturated rings. The fraction of sp³-hybridized carbons (Fsp3) is 0.818. The van der Waals surface area contributed by atoms with Crippen molar-refractivity contribution in [3.63, 3.8) is 0 Å². The summed E-state index contributed by atoms with van der Waals surface area (Å²) in [5.74, 6) is -0.203. The molecular weight excluding hydrogens is 213 g/mol. The molecule has 0 aliphatic carbocycles. The van der Waals surface area contributed by atoms with Gasteiger partial charge in [0.15, 0.2) is 5.78 Å². The maximum Gasteiger partial charge on any atom is 0.411 e. The van der Waals surface area contributed by atoms with Gasteiger partial charge in [-0.3, -0.25) is 9.69 Å². The number of hydrogen-bond donors (Lipinski definition) is 0. The average molecular weight is 231 g/mol. The third kappa shape index (κ3) is 3.18. The van der Waals surface area contributed by atoms with Crippen LogP contribution in [0.25, 0.3) is 0 Å². The lowest BCUT2D eigenvalue weighted by atomic mass is 10.1. The number of alkyl halides is 1. The molecule has 1 unspecified atom stereocenters. The molecule has 5 heteroatoms. The lowest BCUT2D eigenvalue weighted by Crippen LogP contribution is -2.42. The van der Waals surface area contributed by atoms with Crippen LogP contribution in [-0.2, 0) is 9.53 Å². The minimum absolute atomic E-state index is 0.0564. The summed E-state index contributed by atoms with van der Waals surface area (Å²) in [4.78, 5) is 24.1. The van der Waals surface area contributed by atoms with Gasteiger partial charge in [-0.05, 0) is 27.7 Å². The van der Waals surface area contributed by atoms with Crippen LogP contribution in [0.4, 0.5) is 9.18 Å². The Hall–Kier alpha value is -1.13. The molecule has 92 valence electrons. The molecule has 16 heavy (non-hydrogen) atoms. The summed E-state index contributed by atoms with van der Waals surface area (Å²) in [6, 6.07) is -0.676. The number of amides is 1. The molecule has 0 aromatic carbocycles. The van der Waals surface area contributed by atoms with Gasteiger partial charge in [0.05, 0.1) is 12.6 Å². The van der Waals surface area contributed by atoms with Crippen LogP contribution in [0, 0.1) is 0 Å². The van der Waals surface area contributed by atoms with Crippen molar-refractivity contribution < 1.29 is 18.7 Å². The van der Waals surface area contributed by atoms with Crippen molar-refractivity contribution in [3.05, 3.63) is 0 Å². The van der Waals surface area contributed by atoms with Crippen LogP contribution in [0.3, 0.4) is 0 Å². The molecule has 0 bridgehead atoms. The van der Waals surface area contributed by atoms with Crippen LogP contribution in [0.5, 0.6) is 0 Å². The van der Waals surface area contributed by atoms with Gasteiger partial charge in [0.2, 0.25) is 0 Å². The molecule has 1 saturated heterocycles. The first kappa shape index (κ1) is 12.9. The van der Waals surface area contributed by atoms with Crippen LogP contribution >= 0.6 is 0 Å². The first-order chi connectivity index (χ1) is 7.20. The SMILES string of the molecule is CC(=O)C1C[C@@H](F)CN1C(=O)OC(C)(C)C. The van der Waals surface area contributed by atoms with E-state index in [0.717, 1.165) is 0 Å². The van der Waals surface area contributed by atoms with Crippen molar-refractivity contribution in [1.82, 2.24) is 4.90 Å². The fourth-order valence-corrected chi connectivity index (χ4v) is 1.69. The normalized spacial score (nSPS) is 25.7. The molecule has 0 aromatic rings. The molecule has 0 N–H and O–H groups in total. The Bertz CT molecular complexity index is 298. The number of carbonyl (C=O) groups excluding carboxylic acids is 2. The van der Waals surface area contributed by atoms with E-state index in [2.05, 4.69) is 0 Å². The van der Waals surface area contributed by atoms with Gasteiger partial charge >= 0.3 is 6.09 Å².